The van der Waals surface area contributed by atoms with Crippen molar-refractivity contribution in [1.82, 2.24) is 15.3 Å². The molecule has 1 unspecified atom stereocenters. The first kappa shape index (κ1) is 13.1. The standard InChI is InChI=1S/C10H18N4OS/c1-4-9(10(15)13-11)14(3)5-8-6-16-7(2)12-8/h6,9H,4-5,11H2,1-3H3,(H,13,15). The molecule has 0 saturated carbocycles. The SMILES string of the molecule is CCC(C(=O)NN)N(C)Cc1csc(C)n1. The Bertz CT molecular complexity index is 352. The van der Waals surface area contributed by atoms with Gasteiger partial charge in [0.15, 0.2) is 0 Å². The molecule has 0 aliphatic carbocycles. The van der Waals surface area contributed by atoms with Crippen molar-refractivity contribution in [2.75, 3.05) is 7.05 Å². The van der Waals surface area contributed by atoms with Gasteiger partial charge in [-0.3, -0.25) is 15.1 Å². The lowest BCUT2D eigenvalue weighted by Gasteiger charge is -2.24. The summed E-state index contributed by atoms with van der Waals surface area (Å²) in [6, 6.07) is -0.202. The number of carbonyl (C=O) groups is 1. The highest BCUT2D eigenvalue weighted by Crippen LogP contribution is 2.12. The van der Waals surface area contributed by atoms with E-state index in [2.05, 4.69) is 10.4 Å². The second-order valence-corrected chi connectivity index (χ2v) is 4.77. The summed E-state index contributed by atoms with van der Waals surface area (Å²) >= 11 is 1.62. The number of hydrazine groups is 1. The minimum Gasteiger partial charge on any atom is -0.293 e. The third-order valence-corrected chi connectivity index (χ3v) is 3.26. The molecule has 0 saturated heterocycles. The zero-order valence-corrected chi connectivity index (χ0v) is 10.7. The first-order valence-corrected chi connectivity index (χ1v) is 6.08. The molecule has 3 N–H and O–H groups in total. The number of thiazole rings is 1. The number of nitrogens with one attached hydrogen (secondary N) is 1. The maximum Gasteiger partial charge on any atom is 0.251 e. The van der Waals surface area contributed by atoms with Crippen molar-refractivity contribution in [2.45, 2.75) is 32.9 Å². The third kappa shape index (κ3) is 3.26. The van der Waals surface area contributed by atoms with Crippen molar-refractivity contribution in [3.8, 4) is 0 Å². The second-order valence-electron chi connectivity index (χ2n) is 3.71. The topological polar surface area (TPSA) is 71.2 Å². The van der Waals surface area contributed by atoms with E-state index in [-0.39, 0.29) is 11.9 Å². The zero-order chi connectivity index (χ0) is 12.1. The molecule has 0 aromatic carbocycles. The Hall–Kier alpha value is -0.980. The Morgan fingerprint density at radius 1 is 1.75 bits per heavy atom. The van der Waals surface area contributed by atoms with Gasteiger partial charge in [-0.2, -0.15) is 0 Å². The quantitative estimate of drug-likeness (QED) is 0.452. The van der Waals surface area contributed by atoms with Crippen LogP contribution >= 0.6 is 11.3 Å². The monoisotopic (exact) mass is 242 g/mol. The lowest BCUT2D eigenvalue weighted by Crippen LogP contribution is -2.47. The number of hydrogen-bond donors (Lipinski definition) is 2. The summed E-state index contributed by atoms with van der Waals surface area (Å²) in [4.78, 5) is 17.8. The normalized spacial score (nSPS) is 12.8. The second kappa shape index (κ2) is 5.93. The molecule has 1 atom stereocenters. The van der Waals surface area contributed by atoms with Gasteiger partial charge in [-0.1, -0.05) is 6.92 Å². The summed E-state index contributed by atoms with van der Waals surface area (Å²) in [5.74, 6) is 4.99. The molecule has 90 valence electrons. The molecule has 0 aliphatic rings. The summed E-state index contributed by atoms with van der Waals surface area (Å²) in [6.07, 6.45) is 0.725. The van der Waals surface area contributed by atoms with Crippen LogP contribution in [0.5, 0.6) is 0 Å². The van der Waals surface area contributed by atoms with Gasteiger partial charge in [-0.15, -0.1) is 11.3 Å². The predicted octanol–water partition coefficient (Wildman–Crippen LogP) is 0.652. The first-order valence-electron chi connectivity index (χ1n) is 5.20. The minimum absolute atomic E-state index is 0.156. The Kier molecular flexibility index (Phi) is 4.85. The van der Waals surface area contributed by atoms with Crippen LogP contribution < -0.4 is 11.3 Å². The fourth-order valence-corrected chi connectivity index (χ4v) is 2.24. The number of rotatable bonds is 5. The molecule has 0 spiro atoms. The number of nitrogens with zero attached hydrogens (tertiary/aromatic N) is 2. The highest BCUT2D eigenvalue weighted by atomic mass is 32.1. The van der Waals surface area contributed by atoms with Crippen molar-refractivity contribution in [3.63, 3.8) is 0 Å². The van der Waals surface area contributed by atoms with Crippen LogP contribution in [0.3, 0.4) is 0 Å². The Labute approximate surface area is 99.6 Å². The Balaban J connectivity index is 2.62. The average molecular weight is 242 g/mol. The van der Waals surface area contributed by atoms with Crippen LogP contribution in [-0.4, -0.2) is 28.9 Å². The third-order valence-electron chi connectivity index (χ3n) is 2.44. The van der Waals surface area contributed by atoms with Crippen molar-refractivity contribution < 1.29 is 4.79 Å². The molecule has 1 rings (SSSR count). The van der Waals surface area contributed by atoms with Crippen LogP contribution in [0.2, 0.25) is 0 Å². The van der Waals surface area contributed by atoms with Gasteiger partial charge in [0.05, 0.1) is 16.7 Å². The molecule has 1 heterocycles. The van der Waals surface area contributed by atoms with Crippen LogP contribution in [0.4, 0.5) is 0 Å². The molecule has 0 radical (unpaired) electrons. The van der Waals surface area contributed by atoms with E-state index in [0.29, 0.717) is 6.54 Å². The molecule has 0 fully saturated rings. The maximum atomic E-state index is 11.5. The van der Waals surface area contributed by atoms with Crippen molar-refractivity contribution in [3.05, 3.63) is 16.1 Å². The highest BCUT2D eigenvalue weighted by molar-refractivity contribution is 7.09. The van der Waals surface area contributed by atoms with Gasteiger partial charge < -0.3 is 0 Å². The molecular weight excluding hydrogens is 224 g/mol. The molecule has 0 aliphatic heterocycles. The molecule has 6 heteroatoms. The van der Waals surface area contributed by atoms with Gasteiger partial charge in [-0.25, -0.2) is 10.8 Å². The first-order chi connectivity index (χ1) is 7.58. The van der Waals surface area contributed by atoms with E-state index >= 15 is 0 Å². The Morgan fingerprint density at radius 3 is 2.88 bits per heavy atom. The number of likely N-dealkylation sites (N-methyl/N-ethyl adjacent to an activating group) is 1. The number of amides is 1. The van der Waals surface area contributed by atoms with E-state index in [1.54, 1.807) is 11.3 Å². The molecule has 5 nitrogen and oxygen atoms in total. The van der Waals surface area contributed by atoms with E-state index in [9.17, 15) is 4.79 Å². The molecule has 16 heavy (non-hydrogen) atoms. The fourth-order valence-electron chi connectivity index (χ4n) is 1.64. The lowest BCUT2D eigenvalue weighted by molar-refractivity contribution is -0.126. The average Bonchev–Trinajstić information content (AvgIpc) is 2.64. The summed E-state index contributed by atoms with van der Waals surface area (Å²) in [5, 5.41) is 3.05. The summed E-state index contributed by atoms with van der Waals surface area (Å²) < 4.78 is 0. The highest BCUT2D eigenvalue weighted by Gasteiger charge is 2.20. The number of nitrogens with two attached hydrogens (primary N) is 1. The van der Waals surface area contributed by atoms with Gasteiger partial charge in [0, 0.05) is 11.9 Å². The van der Waals surface area contributed by atoms with Gasteiger partial charge in [0.2, 0.25) is 0 Å². The lowest BCUT2D eigenvalue weighted by atomic mass is 10.2. The molecule has 1 amide bonds. The summed E-state index contributed by atoms with van der Waals surface area (Å²) in [6.45, 7) is 4.59. The van der Waals surface area contributed by atoms with Crippen molar-refractivity contribution in [2.24, 2.45) is 5.84 Å². The van der Waals surface area contributed by atoms with Gasteiger partial charge in [0.1, 0.15) is 0 Å². The molecular formula is C10H18N4OS. The van der Waals surface area contributed by atoms with Gasteiger partial charge in [0.25, 0.3) is 5.91 Å². The van der Waals surface area contributed by atoms with E-state index in [0.717, 1.165) is 17.1 Å². The van der Waals surface area contributed by atoms with E-state index in [1.807, 2.05) is 31.2 Å². The van der Waals surface area contributed by atoms with Crippen LogP contribution in [-0.2, 0) is 11.3 Å². The van der Waals surface area contributed by atoms with Crippen LogP contribution in [0, 0.1) is 6.92 Å². The number of carbonyl (C=O) groups excluding carboxylic acids is 1. The summed E-state index contributed by atoms with van der Waals surface area (Å²) in [7, 11) is 1.90. The Morgan fingerprint density at radius 2 is 2.44 bits per heavy atom. The van der Waals surface area contributed by atoms with Crippen molar-refractivity contribution in [1.29, 1.82) is 0 Å². The maximum absolute atomic E-state index is 11.5. The van der Waals surface area contributed by atoms with Crippen LogP contribution in [0.1, 0.15) is 24.0 Å². The van der Waals surface area contributed by atoms with E-state index in [1.165, 1.54) is 0 Å². The zero-order valence-electron chi connectivity index (χ0n) is 9.86. The van der Waals surface area contributed by atoms with E-state index in [4.69, 9.17) is 5.84 Å². The smallest absolute Gasteiger partial charge is 0.251 e. The number of aromatic nitrogens is 1. The number of aryl methyl sites for hydroxylation is 1. The molecule has 1 aromatic rings. The van der Waals surface area contributed by atoms with Crippen LogP contribution in [0.25, 0.3) is 0 Å². The van der Waals surface area contributed by atoms with Gasteiger partial charge in [-0.05, 0) is 20.4 Å². The minimum atomic E-state index is -0.202. The van der Waals surface area contributed by atoms with Crippen LogP contribution in [0.15, 0.2) is 5.38 Å². The predicted molar refractivity (Wildman–Crippen MR) is 64.7 cm³/mol. The van der Waals surface area contributed by atoms with Gasteiger partial charge >= 0.3 is 0 Å². The fraction of sp³-hybridized carbons (Fsp3) is 0.600. The largest absolute Gasteiger partial charge is 0.293 e. The number of hydrogen-bond acceptors (Lipinski definition) is 5. The molecule has 0 bridgehead atoms. The molecule has 1 aromatic heterocycles. The summed E-state index contributed by atoms with van der Waals surface area (Å²) in [5.41, 5.74) is 3.18. The van der Waals surface area contributed by atoms with E-state index < -0.39 is 0 Å². The van der Waals surface area contributed by atoms with Crippen molar-refractivity contribution >= 4 is 17.2 Å².